The Bertz CT molecular complexity index is 444. The van der Waals surface area contributed by atoms with E-state index in [0.29, 0.717) is 24.3 Å². The molecule has 1 aliphatic rings. The van der Waals surface area contributed by atoms with Gasteiger partial charge in [0.2, 0.25) is 5.88 Å². The van der Waals surface area contributed by atoms with Gasteiger partial charge in [-0.05, 0) is 45.8 Å². The van der Waals surface area contributed by atoms with Crippen molar-refractivity contribution < 1.29 is 4.74 Å². The third kappa shape index (κ3) is 5.87. The van der Waals surface area contributed by atoms with Crippen LogP contribution in [-0.2, 0) is 0 Å². The van der Waals surface area contributed by atoms with Crippen molar-refractivity contribution in [3.63, 3.8) is 0 Å². The van der Waals surface area contributed by atoms with Gasteiger partial charge >= 0.3 is 0 Å². The summed E-state index contributed by atoms with van der Waals surface area (Å²) in [5.41, 5.74) is 0. The summed E-state index contributed by atoms with van der Waals surface area (Å²) in [4.78, 5) is 11.4. The van der Waals surface area contributed by atoms with Crippen molar-refractivity contribution in [1.29, 1.82) is 0 Å². The minimum Gasteiger partial charge on any atom is -0.477 e. The molecule has 118 valence electrons. The Balaban J connectivity index is 1.94. The largest absolute Gasteiger partial charge is 0.477 e. The van der Waals surface area contributed by atoms with Crippen LogP contribution in [0.1, 0.15) is 44.9 Å². The second-order valence-corrected chi connectivity index (χ2v) is 6.51. The lowest BCUT2D eigenvalue weighted by molar-refractivity contribution is 0.260. The average molecular weight is 292 g/mol. The summed E-state index contributed by atoms with van der Waals surface area (Å²) < 4.78 is 5.77. The summed E-state index contributed by atoms with van der Waals surface area (Å²) in [6.45, 7) is 6.97. The fourth-order valence-corrected chi connectivity index (χ4v) is 2.00. The summed E-state index contributed by atoms with van der Waals surface area (Å²) in [6, 6.07) is 1.92. The molecular formula is C16H28N4O. The normalized spacial score (nSPS) is 14.8. The van der Waals surface area contributed by atoms with Gasteiger partial charge in [-0.2, -0.15) is 4.98 Å². The highest BCUT2D eigenvalue weighted by Crippen LogP contribution is 2.39. The zero-order valence-corrected chi connectivity index (χ0v) is 13.7. The van der Waals surface area contributed by atoms with Crippen molar-refractivity contribution in [3.8, 4) is 5.88 Å². The number of nitrogens with zero attached hydrogens (tertiary/aromatic N) is 3. The van der Waals surface area contributed by atoms with Crippen molar-refractivity contribution in [3.05, 3.63) is 11.9 Å². The zero-order valence-electron chi connectivity index (χ0n) is 13.7. The molecule has 0 bridgehead atoms. The molecule has 1 fully saturated rings. The number of ether oxygens (including phenoxy) is 1. The predicted octanol–water partition coefficient (Wildman–Crippen LogP) is 2.75. The van der Waals surface area contributed by atoms with Gasteiger partial charge in [0.1, 0.15) is 11.6 Å². The molecule has 1 saturated carbocycles. The SMILES string of the molecule is CC(C)COc1cc(NCCCN(C)C)nc(C2CC2)n1. The van der Waals surface area contributed by atoms with Crippen LogP contribution >= 0.6 is 0 Å². The minimum absolute atomic E-state index is 0.501. The van der Waals surface area contributed by atoms with E-state index in [9.17, 15) is 0 Å². The van der Waals surface area contributed by atoms with Crippen LogP contribution in [0.15, 0.2) is 6.07 Å². The Hall–Kier alpha value is -1.36. The van der Waals surface area contributed by atoms with Gasteiger partial charge in [0.25, 0.3) is 0 Å². The smallest absolute Gasteiger partial charge is 0.218 e. The van der Waals surface area contributed by atoms with Crippen LogP contribution in [0.5, 0.6) is 5.88 Å². The van der Waals surface area contributed by atoms with Crippen molar-refractivity contribution in [2.24, 2.45) is 5.92 Å². The predicted molar refractivity (Wildman–Crippen MR) is 86.0 cm³/mol. The molecule has 1 N–H and O–H groups in total. The maximum absolute atomic E-state index is 5.77. The highest BCUT2D eigenvalue weighted by atomic mass is 16.5. The van der Waals surface area contributed by atoms with Gasteiger partial charge < -0.3 is 15.0 Å². The Kier molecular flexibility index (Phi) is 5.79. The number of rotatable bonds is 9. The summed E-state index contributed by atoms with van der Waals surface area (Å²) >= 11 is 0. The highest BCUT2D eigenvalue weighted by molar-refractivity contribution is 5.39. The molecule has 0 radical (unpaired) electrons. The molecular weight excluding hydrogens is 264 g/mol. The van der Waals surface area contributed by atoms with Crippen LogP contribution in [0, 0.1) is 5.92 Å². The molecule has 1 aliphatic carbocycles. The molecule has 5 nitrogen and oxygen atoms in total. The first kappa shape index (κ1) is 16.0. The quantitative estimate of drug-likeness (QED) is 0.709. The second-order valence-electron chi connectivity index (χ2n) is 6.51. The summed E-state index contributed by atoms with van der Waals surface area (Å²) in [6.07, 6.45) is 3.50. The van der Waals surface area contributed by atoms with Gasteiger partial charge in [-0.1, -0.05) is 13.8 Å². The number of nitrogens with one attached hydrogen (secondary N) is 1. The molecule has 0 saturated heterocycles. The van der Waals surface area contributed by atoms with Crippen LogP contribution in [0.3, 0.4) is 0 Å². The van der Waals surface area contributed by atoms with Crippen LogP contribution < -0.4 is 10.1 Å². The zero-order chi connectivity index (χ0) is 15.2. The maximum Gasteiger partial charge on any atom is 0.218 e. The Morgan fingerprint density at radius 2 is 2.10 bits per heavy atom. The molecule has 1 aromatic heterocycles. The monoisotopic (exact) mass is 292 g/mol. The Labute approximate surface area is 128 Å². The molecule has 5 heteroatoms. The summed E-state index contributed by atoms with van der Waals surface area (Å²) in [7, 11) is 4.18. The van der Waals surface area contributed by atoms with Crippen LogP contribution in [0.2, 0.25) is 0 Å². The highest BCUT2D eigenvalue weighted by Gasteiger charge is 2.27. The van der Waals surface area contributed by atoms with Gasteiger partial charge in [0.05, 0.1) is 6.61 Å². The van der Waals surface area contributed by atoms with E-state index in [1.165, 1.54) is 12.8 Å². The molecule has 0 aromatic carbocycles. The standard InChI is InChI=1S/C16H28N4O/c1-12(2)11-21-15-10-14(17-8-5-9-20(3)4)18-16(19-15)13-6-7-13/h10,12-13H,5-9,11H2,1-4H3,(H,17,18,19). The second kappa shape index (κ2) is 7.59. The summed E-state index contributed by atoms with van der Waals surface area (Å²) in [5.74, 6) is 3.57. The number of hydrogen-bond acceptors (Lipinski definition) is 5. The molecule has 21 heavy (non-hydrogen) atoms. The topological polar surface area (TPSA) is 50.3 Å². The van der Waals surface area contributed by atoms with Gasteiger partial charge in [0, 0.05) is 18.5 Å². The third-order valence-electron chi connectivity index (χ3n) is 3.32. The number of anilines is 1. The lowest BCUT2D eigenvalue weighted by Gasteiger charge is -2.13. The van der Waals surface area contributed by atoms with E-state index in [-0.39, 0.29) is 0 Å². The van der Waals surface area contributed by atoms with Crippen LogP contribution in [-0.4, -0.2) is 48.7 Å². The molecule has 0 spiro atoms. The Morgan fingerprint density at radius 3 is 2.71 bits per heavy atom. The first-order valence-corrected chi connectivity index (χ1v) is 7.95. The van der Waals surface area contributed by atoms with E-state index in [2.05, 4.69) is 48.1 Å². The lowest BCUT2D eigenvalue weighted by Crippen LogP contribution is -2.17. The first-order chi connectivity index (χ1) is 10.0. The molecule has 0 aliphatic heterocycles. The molecule has 0 atom stereocenters. The van der Waals surface area contributed by atoms with E-state index in [1.54, 1.807) is 0 Å². The van der Waals surface area contributed by atoms with E-state index < -0.39 is 0 Å². The van der Waals surface area contributed by atoms with E-state index in [0.717, 1.165) is 31.2 Å². The van der Waals surface area contributed by atoms with E-state index in [1.807, 2.05) is 6.07 Å². The van der Waals surface area contributed by atoms with Gasteiger partial charge in [-0.3, -0.25) is 0 Å². The fourth-order valence-electron chi connectivity index (χ4n) is 2.00. The van der Waals surface area contributed by atoms with Gasteiger partial charge in [-0.25, -0.2) is 4.98 Å². The van der Waals surface area contributed by atoms with Crippen molar-refractivity contribution in [2.45, 2.75) is 39.0 Å². The first-order valence-electron chi connectivity index (χ1n) is 7.95. The summed E-state index contributed by atoms with van der Waals surface area (Å²) in [5, 5.41) is 3.39. The molecule has 0 unspecified atom stereocenters. The van der Waals surface area contributed by atoms with Crippen LogP contribution in [0.4, 0.5) is 5.82 Å². The molecule has 0 amide bonds. The number of aromatic nitrogens is 2. The van der Waals surface area contributed by atoms with Crippen molar-refractivity contribution >= 4 is 5.82 Å². The van der Waals surface area contributed by atoms with E-state index in [4.69, 9.17) is 4.74 Å². The number of hydrogen-bond donors (Lipinski definition) is 1. The molecule has 2 rings (SSSR count). The minimum atomic E-state index is 0.501. The van der Waals surface area contributed by atoms with Crippen molar-refractivity contribution in [2.75, 3.05) is 39.1 Å². The van der Waals surface area contributed by atoms with Crippen LogP contribution in [0.25, 0.3) is 0 Å². The fraction of sp³-hybridized carbons (Fsp3) is 0.750. The van der Waals surface area contributed by atoms with E-state index >= 15 is 0 Å². The Morgan fingerprint density at radius 1 is 1.33 bits per heavy atom. The van der Waals surface area contributed by atoms with Crippen molar-refractivity contribution in [1.82, 2.24) is 14.9 Å². The van der Waals surface area contributed by atoms with Gasteiger partial charge in [0.15, 0.2) is 0 Å². The third-order valence-corrected chi connectivity index (χ3v) is 3.32. The molecule has 1 aromatic rings. The molecule has 1 heterocycles. The lowest BCUT2D eigenvalue weighted by atomic mass is 10.2. The van der Waals surface area contributed by atoms with Gasteiger partial charge in [-0.15, -0.1) is 0 Å². The maximum atomic E-state index is 5.77. The average Bonchev–Trinajstić information content (AvgIpc) is 3.25.